The molecule has 2 aliphatic heterocycles. The third-order valence-electron chi connectivity index (χ3n) is 16.9. The van der Waals surface area contributed by atoms with Crippen LogP contribution in [0, 0.1) is 0 Å². The second kappa shape index (κ2) is 15.0. The predicted molar refractivity (Wildman–Crippen MR) is 299 cm³/mol. The zero-order valence-corrected chi connectivity index (χ0v) is 41.3. The lowest BCUT2D eigenvalue weighted by atomic mass is 9.71. The molecule has 10 aromatic rings. The molecule has 0 fully saturated rings. The number of anilines is 5. The van der Waals surface area contributed by atoms with Crippen molar-refractivity contribution in [2.24, 2.45) is 0 Å². The van der Waals surface area contributed by atoms with E-state index in [4.69, 9.17) is 4.98 Å². The van der Waals surface area contributed by atoms with Crippen LogP contribution in [0.15, 0.2) is 212 Å². The van der Waals surface area contributed by atoms with E-state index < -0.39 is 0 Å². The Morgan fingerprint density at radius 2 is 0.972 bits per heavy atom. The normalized spacial score (nSPS) is 16.6. The summed E-state index contributed by atoms with van der Waals surface area (Å²) in [5.74, 6) is 0. The molecule has 0 N–H and O–H groups in total. The minimum absolute atomic E-state index is 0.123. The quantitative estimate of drug-likeness (QED) is 0.164. The third-order valence-corrected chi connectivity index (χ3v) is 16.9. The Labute approximate surface area is 417 Å². The van der Waals surface area contributed by atoms with Gasteiger partial charge in [0.1, 0.15) is 0 Å². The summed E-state index contributed by atoms with van der Waals surface area (Å²) < 4.78 is 0. The first-order valence-corrected chi connectivity index (χ1v) is 25.4. The maximum atomic E-state index is 5.37. The average molecular weight is 914 g/mol. The summed E-state index contributed by atoms with van der Waals surface area (Å²) in [5, 5.41) is 7.10. The van der Waals surface area contributed by atoms with Crippen LogP contribution in [0.2, 0.25) is 0 Å². The number of hydrogen-bond acceptors (Lipinski definition) is 3. The fourth-order valence-electron chi connectivity index (χ4n) is 13.4. The second-order valence-electron chi connectivity index (χ2n) is 21.8. The molecule has 3 heterocycles. The number of nitrogens with zero attached hydrogens (tertiary/aromatic N) is 3. The maximum Gasteiger partial charge on any atom is 0.0792 e. The Balaban J connectivity index is 1.11. The van der Waals surface area contributed by atoms with Gasteiger partial charge in [-0.2, -0.15) is 0 Å². The molecule has 1 aromatic heterocycles. The maximum absolute atomic E-state index is 5.37. The van der Waals surface area contributed by atoms with Crippen LogP contribution in [0.5, 0.6) is 0 Å². The van der Waals surface area contributed by atoms with Crippen molar-refractivity contribution in [2.45, 2.75) is 70.6 Å². The minimum Gasteiger partial charge on any atom is -0.314 e. The smallest absolute Gasteiger partial charge is 0.0792 e. The fraction of sp³-hybridized carbons (Fsp3) is 0.162. The molecule has 0 amide bonds. The lowest BCUT2D eigenvalue weighted by molar-refractivity contribution is 0.603. The van der Waals surface area contributed by atoms with Crippen molar-refractivity contribution in [1.82, 2.24) is 4.98 Å². The minimum atomic E-state index is -0.171. The van der Waals surface area contributed by atoms with Crippen molar-refractivity contribution in [1.29, 1.82) is 0 Å². The Hall–Kier alpha value is -8.01. The molecule has 0 saturated heterocycles. The molecular weight excluding hydrogens is 859 g/mol. The Morgan fingerprint density at radius 1 is 0.423 bits per heavy atom. The third kappa shape index (κ3) is 5.87. The molecule has 4 aliphatic rings. The summed E-state index contributed by atoms with van der Waals surface area (Å²) in [4.78, 5) is 10.5. The van der Waals surface area contributed by atoms with E-state index in [1.54, 1.807) is 0 Å². The van der Waals surface area contributed by atoms with Gasteiger partial charge in [-0.3, -0.25) is 4.98 Å². The van der Waals surface area contributed by atoms with Gasteiger partial charge in [0.25, 0.3) is 0 Å². The van der Waals surface area contributed by atoms with Gasteiger partial charge < -0.3 is 9.80 Å². The second-order valence-corrected chi connectivity index (χ2v) is 21.8. The Bertz CT molecular complexity index is 3940. The first-order valence-electron chi connectivity index (χ1n) is 25.4. The molecular formula is C68H55N3. The Morgan fingerprint density at radius 3 is 1.69 bits per heavy atom. The molecule has 3 heteroatoms. The summed E-state index contributed by atoms with van der Waals surface area (Å²) in [6.45, 7) is 14.3. The fourth-order valence-corrected chi connectivity index (χ4v) is 13.4. The highest BCUT2D eigenvalue weighted by Gasteiger charge is 2.40. The van der Waals surface area contributed by atoms with Crippen LogP contribution in [0.25, 0.3) is 65.8 Å². The SMILES string of the molecule is CC1(C)C2=C(CCC=C2)N(c2ccc3c(-c4nccc5ccccc45)c4cc(N5c6ccccc6C(C)(C)c6ccccc65)ccc4c(-c4ccc5c(c4)C(C)(C)c4ccccc4-5)c3c2)c2ccccc21. The van der Waals surface area contributed by atoms with E-state index in [0.717, 1.165) is 35.2 Å². The number of rotatable bonds is 4. The molecule has 71 heavy (non-hydrogen) atoms. The van der Waals surface area contributed by atoms with Crippen LogP contribution < -0.4 is 9.80 Å². The van der Waals surface area contributed by atoms with Gasteiger partial charge in [0.2, 0.25) is 0 Å². The van der Waals surface area contributed by atoms with Crippen molar-refractivity contribution in [2.75, 3.05) is 9.80 Å². The van der Waals surface area contributed by atoms with Gasteiger partial charge in [0, 0.05) is 56.2 Å². The van der Waals surface area contributed by atoms with Gasteiger partial charge in [0.15, 0.2) is 0 Å². The van der Waals surface area contributed by atoms with E-state index in [-0.39, 0.29) is 16.2 Å². The summed E-state index contributed by atoms with van der Waals surface area (Å²) in [6.07, 6.45) is 8.77. The zero-order chi connectivity index (χ0) is 48.0. The molecule has 0 atom stereocenters. The highest BCUT2D eigenvalue weighted by atomic mass is 15.2. The first kappa shape index (κ1) is 41.9. The average Bonchev–Trinajstić information content (AvgIpc) is 3.63. The van der Waals surface area contributed by atoms with Crippen molar-refractivity contribution >= 4 is 60.8 Å². The molecule has 0 saturated carbocycles. The lowest BCUT2D eigenvalue weighted by Crippen LogP contribution is -2.34. The molecule has 0 radical (unpaired) electrons. The van der Waals surface area contributed by atoms with Crippen molar-refractivity contribution < 1.29 is 0 Å². The highest BCUT2D eigenvalue weighted by molar-refractivity contribution is 6.24. The number of allylic oxidation sites excluding steroid dienone is 4. The van der Waals surface area contributed by atoms with Crippen molar-refractivity contribution in [3.63, 3.8) is 0 Å². The summed E-state index contributed by atoms with van der Waals surface area (Å²) >= 11 is 0. The van der Waals surface area contributed by atoms with Crippen LogP contribution in [-0.2, 0) is 16.2 Å². The van der Waals surface area contributed by atoms with E-state index in [9.17, 15) is 0 Å². The number of hydrogen-bond donors (Lipinski definition) is 0. The predicted octanol–water partition coefficient (Wildman–Crippen LogP) is 18.3. The van der Waals surface area contributed by atoms with Crippen LogP contribution in [-0.4, -0.2) is 4.98 Å². The van der Waals surface area contributed by atoms with Crippen molar-refractivity contribution in [3.05, 3.63) is 239 Å². The van der Waals surface area contributed by atoms with E-state index in [1.165, 1.54) is 111 Å². The van der Waals surface area contributed by atoms with Gasteiger partial charge >= 0.3 is 0 Å². The van der Waals surface area contributed by atoms with Crippen LogP contribution in [0.4, 0.5) is 28.4 Å². The monoisotopic (exact) mass is 913 g/mol. The number of fused-ring (bicyclic) bond motifs is 9. The van der Waals surface area contributed by atoms with E-state index in [0.29, 0.717) is 0 Å². The summed E-state index contributed by atoms with van der Waals surface area (Å²) in [7, 11) is 0. The topological polar surface area (TPSA) is 19.4 Å². The number of para-hydroxylation sites is 3. The van der Waals surface area contributed by atoms with E-state index >= 15 is 0 Å². The van der Waals surface area contributed by atoms with Crippen molar-refractivity contribution in [3.8, 4) is 33.5 Å². The molecule has 9 aromatic carbocycles. The van der Waals surface area contributed by atoms with Gasteiger partial charge in [-0.25, -0.2) is 0 Å². The van der Waals surface area contributed by atoms with E-state index in [1.807, 2.05) is 6.20 Å². The molecule has 0 spiro atoms. The van der Waals surface area contributed by atoms with Gasteiger partial charge in [0.05, 0.1) is 17.1 Å². The van der Waals surface area contributed by atoms with Crippen LogP contribution in [0.3, 0.4) is 0 Å². The molecule has 342 valence electrons. The standard InChI is InChI=1S/C68H55N3/c1-66(2)53-22-10-9-21-47(53)48-34-31-43(39-58(48)66)63-49-35-32-45(71-61-29-17-13-25-56(61)68(5,6)57-26-14-18-30-62(57)71)41-52(49)64(65-46-20-8-7-19-42(46)37-38-69-65)50-36-33-44(40-51(50)63)70-59-27-15-11-23-54(59)67(3,4)55-24-12-16-28-60(55)70/h7-15,17-27,29-41H,16,28H2,1-6H3. The molecule has 0 bridgehead atoms. The number of benzene rings is 9. The highest BCUT2D eigenvalue weighted by Crippen LogP contribution is 2.57. The van der Waals surface area contributed by atoms with Gasteiger partial charge in [-0.15, -0.1) is 0 Å². The Kier molecular flexibility index (Phi) is 8.86. The first-order chi connectivity index (χ1) is 34.5. The summed E-state index contributed by atoms with van der Waals surface area (Å²) in [5.41, 5.74) is 22.3. The zero-order valence-electron chi connectivity index (χ0n) is 41.3. The number of aromatic nitrogens is 1. The van der Waals surface area contributed by atoms with Crippen LogP contribution in [0.1, 0.15) is 82.2 Å². The summed E-state index contributed by atoms with van der Waals surface area (Å²) in [6, 6.07) is 68.8. The molecule has 0 unspecified atom stereocenters. The molecule has 2 aliphatic carbocycles. The van der Waals surface area contributed by atoms with E-state index in [2.05, 4.69) is 245 Å². The van der Waals surface area contributed by atoms with Gasteiger partial charge in [-0.05, 0) is 150 Å². The van der Waals surface area contributed by atoms with Crippen LogP contribution >= 0.6 is 0 Å². The molecule has 14 rings (SSSR count). The lowest BCUT2D eigenvalue weighted by Gasteiger charge is -2.44. The largest absolute Gasteiger partial charge is 0.314 e. The molecule has 3 nitrogen and oxygen atoms in total. The van der Waals surface area contributed by atoms with Gasteiger partial charge in [-0.1, -0.05) is 181 Å². The number of pyridine rings is 1.